The first-order valence-corrected chi connectivity index (χ1v) is 16.1. The van der Waals surface area contributed by atoms with Crippen LogP contribution in [0.4, 0.5) is 0 Å². The maximum Gasteiger partial charge on any atom is 0.281 e. The summed E-state index contributed by atoms with van der Waals surface area (Å²) in [4.78, 5) is 51.2. The van der Waals surface area contributed by atoms with E-state index in [0.29, 0.717) is 25.9 Å². The Balaban J connectivity index is 1.15. The molecule has 5 aliphatic rings. The number of carbonyl (C=O) groups excluding carboxylic acids is 3. The summed E-state index contributed by atoms with van der Waals surface area (Å²) in [5.74, 6) is -4.27. The van der Waals surface area contributed by atoms with Crippen LogP contribution in [0.2, 0.25) is 0 Å². The first kappa shape index (κ1) is 28.5. The van der Waals surface area contributed by atoms with E-state index >= 15 is 0 Å². The molecule has 2 aromatic carbocycles. The molecule has 0 spiro atoms. The Morgan fingerprint density at radius 1 is 1.16 bits per heavy atom. The number of hydrogen-bond donors (Lipinski definition) is 3. The van der Waals surface area contributed by atoms with E-state index in [-0.39, 0.29) is 24.3 Å². The van der Waals surface area contributed by atoms with Crippen LogP contribution in [-0.4, -0.2) is 92.4 Å². The molecule has 0 bridgehead atoms. The van der Waals surface area contributed by atoms with Crippen molar-refractivity contribution in [1.29, 1.82) is 0 Å². The number of ether oxygens (including phenoxy) is 1. The van der Waals surface area contributed by atoms with Crippen LogP contribution in [0.25, 0.3) is 16.5 Å². The summed E-state index contributed by atoms with van der Waals surface area (Å²) in [5.41, 5.74) is 3.59. The standard InChI is InChI=1S/C35H39N5O5/c1-20(2)34(37-31(41)23-16-25-24-11-7-12-26-30(24)22(18-36-26)17-27(25)38(3)19-23)33(43)40-28(15-21-9-5-4-6-10-21)32(42)39-14-8-13-29(39)35(40,44)45-34/h4-7,9-12,16,18,20,23,27-29,36,44H,8,13-15,17,19H2,1-3H3,(H,37,41)/t23-,27+,28-,29+,34-,35-/m0/s1. The molecule has 10 nitrogen and oxygen atoms in total. The van der Waals surface area contributed by atoms with Crippen molar-refractivity contribution in [2.75, 3.05) is 20.1 Å². The largest absolute Gasteiger partial charge is 0.361 e. The molecule has 3 amide bonds. The lowest BCUT2D eigenvalue weighted by atomic mass is 9.79. The average Bonchev–Trinajstić information content (AvgIpc) is 3.74. The Labute approximate surface area is 262 Å². The zero-order chi connectivity index (χ0) is 31.2. The summed E-state index contributed by atoms with van der Waals surface area (Å²) in [5, 5.41) is 16.5. The van der Waals surface area contributed by atoms with Gasteiger partial charge < -0.3 is 20.3 Å². The SMILES string of the molecule is CC(C)[C@]1(NC(=O)[C@H]2C=C3c4cccc5[nH]cc(c45)C[C@H]3N(C)C2)O[C@@]2(O)[C@H]3CCCN3C(=O)[C@H](Cc3ccccc3)N2C1=O. The number of hydrogen-bond acceptors (Lipinski definition) is 6. The number of aromatic nitrogens is 1. The molecule has 5 heterocycles. The van der Waals surface area contributed by atoms with Gasteiger partial charge >= 0.3 is 0 Å². The van der Waals surface area contributed by atoms with Crippen molar-refractivity contribution in [3.05, 3.63) is 77.5 Å². The van der Waals surface area contributed by atoms with E-state index in [1.54, 1.807) is 18.7 Å². The number of aliphatic hydroxyl groups is 1. The summed E-state index contributed by atoms with van der Waals surface area (Å²) in [6.07, 6.45) is 6.40. The first-order chi connectivity index (χ1) is 21.6. The van der Waals surface area contributed by atoms with E-state index in [0.717, 1.165) is 28.6 Å². The van der Waals surface area contributed by atoms with Gasteiger partial charge in [-0.1, -0.05) is 62.4 Å². The number of benzene rings is 2. The van der Waals surface area contributed by atoms with Crippen LogP contribution in [0, 0.1) is 11.8 Å². The van der Waals surface area contributed by atoms with Crippen LogP contribution >= 0.6 is 0 Å². The number of nitrogens with zero attached hydrogens (tertiary/aromatic N) is 3. The van der Waals surface area contributed by atoms with Gasteiger partial charge in [-0.3, -0.25) is 28.9 Å². The summed E-state index contributed by atoms with van der Waals surface area (Å²) in [6, 6.07) is 14.2. The molecule has 234 valence electrons. The van der Waals surface area contributed by atoms with Crippen LogP contribution in [0.3, 0.4) is 0 Å². The zero-order valence-electron chi connectivity index (χ0n) is 25.8. The Bertz CT molecular complexity index is 1750. The molecule has 3 N–H and O–H groups in total. The maximum atomic E-state index is 14.6. The van der Waals surface area contributed by atoms with Crippen molar-refractivity contribution in [2.24, 2.45) is 11.8 Å². The van der Waals surface area contributed by atoms with E-state index in [1.807, 2.05) is 49.5 Å². The predicted molar refractivity (Wildman–Crippen MR) is 167 cm³/mol. The highest BCUT2D eigenvalue weighted by Gasteiger charge is 2.72. The van der Waals surface area contributed by atoms with Gasteiger partial charge in [0.05, 0.1) is 5.92 Å². The van der Waals surface area contributed by atoms with Gasteiger partial charge in [0.1, 0.15) is 12.1 Å². The molecule has 0 unspecified atom stereocenters. The van der Waals surface area contributed by atoms with Gasteiger partial charge in [-0.25, -0.2) is 0 Å². The van der Waals surface area contributed by atoms with Crippen LogP contribution in [-0.2, 0) is 32.0 Å². The molecule has 1 aromatic heterocycles. The smallest absolute Gasteiger partial charge is 0.281 e. The van der Waals surface area contributed by atoms with Gasteiger partial charge in [0.15, 0.2) is 0 Å². The third-order valence-electron chi connectivity index (χ3n) is 10.8. The van der Waals surface area contributed by atoms with Crippen molar-refractivity contribution >= 4 is 34.2 Å². The topological polar surface area (TPSA) is 118 Å². The maximum absolute atomic E-state index is 14.6. The van der Waals surface area contributed by atoms with Crippen LogP contribution in [0.5, 0.6) is 0 Å². The third-order valence-corrected chi connectivity index (χ3v) is 10.8. The molecule has 0 saturated carbocycles. The fourth-order valence-corrected chi connectivity index (χ4v) is 8.47. The molecule has 3 fully saturated rings. The number of piperazine rings is 1. The second-order valence-electron chi connectivity index (χ2n) is 13.6. The molecule has 10 heteroatoms. The van der Waals surface area contributed by atoms with Crippen LogP contribution in [0.15, 0.2) is 60.8 Å². The fraction of sp³-hybridized carbons (Fsp3) is 0.457. The second-order valence-corrected chi connectivity index (χ2v) is 13.6. The Hall–Kier alpha value is -3.99. The first-order valence-electron chi connectivity index (χ1n) is 16.1. The lowest BCUT2D eigenvalue weighted by Crippen LogP contribution is -2.71. The number of carbonyl (C=O) groups is 3. The van der Waals surface area contributed by atoms with E-state index in [9.17, 15) is 19.5 Å². The number of H-pyrrole nitrogens is 1. The second kappa shape index (κ2) is 10.0. The van der Waals surface area contributed by atoms with E-state index in [2.05, 4.69) is 33.5 Å². The Morgan fingerprint density at radius 3 is 2.73 bits per heavy atom. The number of rotatable bonds is 5. The lowest BCUT2D eigenvalue weighted by molar-refractivity contribution is -0.321. The number of aromatic amines is 1. The van der Waals surface area contributed by atoms with E-state index in [1.165, 1.54) is 15.8 Å². The molecule has 3 saturated heterocycles. The van der Waals surface area contributed by atoms with Gasteiger partial charge in [-0.05, 0) is 54.6 Å². The van der Waals surface area contributed by atoms with Gasteiger partial charge in [0.25, 0.3) is 11.8 Å². The highest BCUT2D eigenvalue weighted by Crippen LogP contribution is 2.48. The van der Waals surface area contributed by atoms with Crippen LogP contribution < -0.4 is 5.32 Å². The van der Waals surface area contributed by atoms with Gasteiger partial charge in [-0.15, -0.1) is 0 Å². The molecule has 3 aromatic rings. The molecule has 45 heavy (non-hydrogen) atoms. The van der Waals surface area contributed by atoms with Crippen LogP contribution in [0.1, 0.15) is 43.4 Å². The van der Waals surface area contributed by atoms with Gasteiger partial charge in [0, 0.05) is 48.6 Å². The number of amides is 3. The minimum absolute atomic E-state index is 0.138. The van der Waals surface area contributed by atoms with Crippen molar-refractivity contribution in [1.82, 2.24) is 25.0 Å². The van der Waals surface area contributed by atoms with Crippen molar-refractivity contribution < 1.29 is 24.2 Å². The van der Waals surface area contributed by atoms with Gasteiger partial charge in [-0.2, -0.15) is 0 Å². The lowest BCUT2D eigenvalue weighted by Gasteiger charge is -2.48. The molecular weight excluding hydrogens is 570 g/mol. The summed E-state index contributed by atoms with van der Waals surface area (Å²) < 4.78 is 6.49. The number of nitrogens with one attached hydrogen (secondary N) is 2. The molecule has 8 rings (SSSR count). The molecular formula is C35H39N5O5. The third kappa shape index (κ3) is 4.01. The Kier molecular flexibility index (Phi) is 6.33. The summed E-state index contributed by atoms with van der Waals surface area (Å²) in [6.45, 7) is 4.56. The predicted octanol–water partition coefficient (Wildman–Crippen LogP) is 2.63. The quantitative estimate of drug-likeness (QED) is 0.410. The summed E-state index contributed by atoms with van der Waals surface area (Å²) >= 11 is 0. The highest BCUT2D eigenvalue weighted by molar-refractivity contribution is 6.01. The minimum atomic E-state index is -2.06. The minimum Gasteiger partial charge on any atom is -0.361 e. The molecule has 1 aliphatic carbocycles. The Morgan fingerprint density at radius 2 is 1.96 bits per heavy atom. The fourth-order valence-electron chi connectivity index (χ4n) is 8.47. The van der Waals surface area contributed by atoms with Crippen molar-refractivity contribution in [3.63, 3.8) is 0 Å². The molecule has 0 radical (unpaired) electrons. The molecule has 4 aliphatic heterocycles. The zero-order valence-corrected chi connectivity index (χ0v) is 25.8. The summed E-state index contributed by atoms with van der Waals surface area (Å²) in [7, 11) is 2.03. The van der Waals surface area contributed by atoms with Crippen molar-refractivity contribution in [2.45, 2.75) is 69.3 Å². The van der Waals surface area contributed by atoms with E-state index < -0.39 is 41.5 Å². The monoisotopic (exact) mass is 609 g/mol. The van der Waals surface area contributed by atoms with Crippen molar-refractivity contribution in [3.8, 4) is 0 Å². The average molecular weight is 610 g/mol. The number of likely N-dealkylation sites (N-methyl/N-ethyl adjacent to an activating group) is 1. The normalized spacial score (nSPS) is 32.5. The number of fused-ring (bicyclic) bond motifs is 5. The molecule has 6 atom stereocenters. The van der Waals surface area contributed by atoms with Gasteiger partial charge in [0.2, 0.25) is 17.5 Å². The van der Waals surface area contributed by atoms with E-state index in [4.69, 9.17) is 4.74 Å². The highest BCUT2D eigenvalue weighted by atomic mass is 16.7.